The SMILES string of the molecule is CCCCOC[C@@H](ONC(=O)c1cc(C(F)(F)F)cc(C(F)(F)F)c1)C(=O)OCC(C)C. The number of hydroxylamine groups is 1. The van der Waals surface area contributed by atoms with Crippen molar-refractivity contribution in [3.05, 3.63) is 34.9 Å². The zero-order valence-electron chi connectivity index (χ0n) is 17.7. The summed E-state index contributed by atoms with van der Waals surface area (Å²) in [6, 6.07) is 0.390. The fourth-order valence-electron chi connectivity index (χ4n) is 2.20. The average Bonchev–Trinajstić information content (AvgIpc) is 2.69. The van der Waals surface area contributed by atoms with E-state index in [1.54, 1.807) is 19.3 Å². The maximum absolute atomic E-state index is 13.0. The molecule has 0 unspecified atom stereocenters. The molecule has 0 bridgehead atoms. The van der Waals surface area contributed by atoms with Gasteiger partial charge in [-0.3, -0.25) is 9.63 Å². The first-order chi connectivity index (χ1) is 14.8. The lowest BCUT2D eigenvalue weighted by Crippen LogP contribution is -2.39. The van der Waals surface area contributed by atoms with Gasteiger partial charge >= 0.3 is 18.3 Å². The Hall–Kier alpha value is -2.34. The number of amides is 1. The lowest BCUT2D eigenvalue weighted by molar-refractivity contribution is -0.167. The predicted molar refractivity (Wildman–Crippen MR) is 100 cm³/mol. The molecule has 1 aromatic carbocycles. The van der Waals surface area contributed by atoms with E-state index in [9.17, 15) is 35.9 Å². The molecule has 12 heteroatoms. The summed E-state index contributed by atoms with van der Waals surface area (Å²) in [5, 5.41) is 0. The van der Waals surface area contributed by atoms with Crippen molar-refractivity contribution in [1.82, 2.24) is 5.48 Å². The van der Waals surface area contributed by atoms with Gasteiger partial charge in [-0.1, -0.05) is 27.2 Å². The maximum Gasteiger partial charge on any atom is 0.416 e. The van der Waals surface area contributed by atoms with Crippen molar-refractivity contribution >= 4 is 11.9 Å². The summed E-state index contributed by atoms with van der Waals surface area (Å²) in [7, 11) is 0. The summed E-state index contributed by atoms with van der Waals surface area (Å²) in [6.07, 6.45) is -10.2. The minimum absolute atomic E-state index is 0.0129. The molecule has 6 nitrogen and oxygen atoms in total. The van der Waals surface area contributed by atoms with Crippen molar-refractivity contribution in [3.8, 4) is 0 Å². The first-order valence-corrected chi connectivity index (χ1v) is 9.75. The van der Waals surface area contributed by atoms with Crippen molar-refractivity contribution in [2.45, 2.75) is 52.1 Å². The zero-order valence-corrected chi connectivity index (χ0v) is 17.7. The molecule has 1 amide bonds. The number of hydrogen-bond acceptors (Lipinski definition) is 5. The van der Waals surface area contributed by atoms with E-state index >= 15 is 0 Å². The number of carbonyl (C=O) groups excluding carboxylic acids is 2. The number of carbonyl (C=O) groups is 2. The summed E-state index contributed by atoms with van der Waals surface area (Å²) in [6.45, 7) is 5.41. The Morgan fingerprint density at radius 3 is 2.00 bits per heavy atom. The first-order valence-electron chi connectivity index (χ1n) is 9.75. The van der Waals surface area contributed by atoms with E-state index in [0.29, 0.717) is 6.42 Å². The molecule has 0 aromatic heterocycles. The van der Waals surface area contributed by atoms with E-state index in [-0.39, 0.29) is 43.9 Å². The van der Waals surface area contributed by atoms with Crippen molar-refractivity contribution < 1.29 is 50.2 Å². The molecule has 1 aromatic rings. The Kier molecular flexibility index (Phi) is 10.4. The van der Waals surface area contributed by atoms with Crippen molar-refractivity contribution in [2.75, 3.05) is 19.8 Å². The van der Waals surface area contributed by atoms with Crippen LogP contribution in [0, 0.1) is 5.92 Å². The molecule has 0 fully saturated rings. The number of nitrogens with one attached hydrogen (secondary N) is 1. The summed E-state index contributed by atoms with van der Waals surface area (Å²) in [5.74, 6) is -2.33. The molecule has 0 heterocycles. The van der Waals surface area contributed by atoms with Gasteiger partial charge in [0, 0.05) is 12.2 Å². The fraction of sp³-hybridized carbons (Fsp3) is 0.600. The van der Waals surface area contributed by atoms with Crippen LogP contribution in [0.15, 0.2) is 18.2 Å². The van der Waals surface area contributed by atoms with Gasteiger partial charge in [0.25, 0.3) is 5.91 Å². The second kappa shape index (κ2) is 12.0. The number of ether oxygens (including phenoxy) is 2. The summed E-state index contributed by atoms with van der Waals surface area (Å²) >= 11 is 0. The summed E-state index contributed by atoms with van der Waals surface area (Å²) in [4.78, 5) is 29.3. The third-order valence-electron chi connectivity index (χ3n) is 3.88. The quantitative estimate of drug-likeness (QED) is 0.217. The normalized spacial score (nSPS) is 13.2. The summed E-state index contributed by atoms with van der Waals surface area (Å²) in [5.41, 5.74) is -2.56. The van der Waals surface area contributed by atoms with Crippen LogP contribution in [0.4, 0.5) is 26.3 Å². The average molecular weight is 473 g/mol. The van der Waals surface area contributed by atoms with E-state index in [4.69, 9.17) is 14.3 Å². The van der Waals surface area contributed by atoms with Crippen LogP contribution in [-0.4, -0.2) is 37.8 Å². The summed E-state index contributed by atoms with van der Waals surface area (Å²) < 4.78 is 88.0. The lowest BCUT2D eigenvalue weighted by Gasteiger charge is -2.18. The highest BCUT2D eigenvalue weighted by Gasteiger charge is 2.37. The van der Waals surface area contributed by atoms with Gasteiger partial charge in [-0.05, 0) is 30.5 Å². The lowest BCUT2D eigenvalue weighted by atomic mass is 10.0. The maximum atomic E-state index is 13.0. The van der Waals surface area contributed by atoms with Crippen LogP contribution in [0.1, 0.15) is 55.1 Å². The van der Waals surface area contributed by atoms with E-state index in [2.05, 4.69) is 0 Å². The highest BCUT2D eigenvalue weighted by Crippen LogP contribution is 2.36. The zero-order chi connectivity index (χ0) is 24.5. The largest absolute Gasteiger partial charge is 0.463 e. The Bertz CT molecular complexity index is 732. The van der Waals surface area contributed by atoms with Crippen LogP contribution in [0.2, 0.25) is 0 Å². The van der Waals surface area contributed by atoms with E-state index in [1.807, 2.05) is 6.92 Å². The molecule has 0 aliphatic heterocycles. The van der Waals surface area contributed by atoms with Crippen molar-refractivity contribution in [1.29, 1.82) is 0 Å². The third kappa shape index (κ3) is 9.43. The number of esters is 1. The number of alkyl halides is 6. The Labute approximate surface area is 181 Å². The molecule has 0 saturated carbocycles. The van der Waals surface area contributed by atoms with Gasteiger partial charge in [-0.15, -0.1) is 0 Å². The van der Waals surface area contributed by atoms with Crippen LogP contribution in [-0.2, 0) is 31.5 Å². The molecular formula is C20H25F6NO5. The van der Waals surface area contributed by atoms with Gasteiger partial charge < -0.3 is 9.47 Å². The van der Waals surface area contributed by atoms with Crippen molar-refractivity contribution in [2.24, 2.45) is 5.92 Å². The van der Waals surface area contributed by atoms with Gasteiger partial charge in [0.2, 0.25) is 6.10 Å². The molecule has 0 spiro atoms. The topological polar surface area (TPSA) is 73.9 Å². The second-order valence-electron chi connectivity index (χ2n) is 7.28. The number of hydrogen-bond donors (Lipinski definition) is 1. The number of unbranched alkanes of at least 4 members (excludes halogenated alkanes) is 1. The molecule has 1 atom stereocenters. The van der Waals surface area contributed by atoms with E-state index in [0.717, 1.165) is 6.42 Å². The highest BCUT2D eigenvalue weighted by molar-refractivity contribution is 5.94. The standard InChI is InChI=1S/C20H25F6NO5/c1-4-5-6-30-11-16(18(29)31-10-12(2)3)32-27-17(28)13-7-14(19(21,22)23)9-15(8-13)20(24,25)26/h7-9,12,16H,4-6,10-11H2,1-3H3,(H,27,28)/t16-/m1/s1. The Morgan fingerprint density at radius 1 is 0.969 bits per heavy atom. The van der Waals surface area contributed by atoms with E-state index < -0.39 is 47.0 Å². The van der Waals surface area contributed by atoms with Crippen LogP contribution in [0.25, 0.3) is 0 Å². The van der Waals surface area contributed by atoms with Gasteiger partial charge in [0.15, 0.2) is 0 Å². The molecule has 0 aliphatic rings. The van der Waals surface area contributed by atoms with Gasteiger partial charge in [-0.25, -0.2) is 10.3 Å². The van der Waals surface area contributed by atoms with Gasteiger partial charge in [0.1, 0.15) is 0 Å². The molecule has 1 N–H and O–H groups in total. The Morgan fingerprint density at radius 2 is 1.53 bits per heavy atom. The molecule has 0 aliphatic carbocycles. The number of rotatable bonds is 11. The second-order valence-corrected chi connectivity index (χ2v) is 7.28. The van der Waals surface area contributed by atoms with Gasteiger partial charge in [-0.2, -0.15) is 26.3 Å². The molecule has 0 radical (unpaired) electrons. The van der Waals surface area contributed by atoms with Crippen LogP contribution in [0.5, 0.6) is 0 Å². The van der Waals surface area contributed by atoms with E-state index in [1.165, 1.54) is 0 Å². The molecular weight excluding hydrogens is 448 g/mol. The predicted octanol–water partition coefficient (Wildman–Crippen LogP) is 4.77. The monoisotopic (exact) mass is 473 g/mol. The smallest absolute Gasteiger partial charge is 0.416 e. The first kappa shape index (κ1) is 27.7. The minimum atomic E-state index is -5.12. The molecule has 1 rings (SSSR count). The minimum Gasteiger partial charge on any atom is -0.463 e. The molecule has 182 valence electrons. The van der Waals surface area contributed by atoms with Crippen LogP contribution >= 0.6 is 0 Å². The van der Waals surface area contributed by atoms with Crippen LogP contribution < -0.4 is 5.48 Å². The van der Waals surface area contributed by atoms with Gasteiger partial charge in [0.05, 0.1) is 24.3 Å². The van der Waals surface area contributed by atoms with Crippen molar-refractivity contribution in [3.63, 3.8) is 0 Å². The van der Waals surface area contributed by atoms with Crippen LogP contribution in [0.3, 0.4) is 0 Å². The molecule has 0 saturated heterocycles. The third-order valence-corrected chi connectivity index (χ3v) is 3.88. The number of benzene rings is 1. The Balaban J connectivity index is 2.99. The highest BCUT2D eigenvalue weighted by atomic mass is 19.4. The fourth-order valence-corrected chi connectivity index (χ4v) is 2.20. The number of halogens is 6. The molecule has 32 heavy (non-hydrogen) atoms.